The zero-order chi connectivity index (χ0) is 18.6. The SMILES string of the molecule is O=C(Nc1cccc(C(=O)NCCc2nc3ccccc3[nH]2)c1)NC1CC1. The molecule has 1 aliphatic rings. The number of anilines is 1. The summed E-state index contributed by atoms with van der Waals surface area (Å²) in [6, 6.07) is 14.8. The van der Waals surface area contributed by atoms with Crippen molar-refractivity contribution >= 4 is 28.7 Å². The Labute approximate surface area is 156 Å². The van der Waals surface area contributed by atoms with Crippen LogP contribution in [0.3, 0.4) is 0 Å². The number of fused-ring (bicyclic) bond motifs is 1. The number of aromatic nitrogens is 2. The molecule has 4 N–H and O–H groups in total. The third kappa shape index (κ3) is 4.44. The molecule has 1 aliphatic carbocycles. The maximum absolute atomic E-state index is 12.4. The van der Waals surface area contributed by atoms with Crippen molar-refractivity contribution in [3.63, 3.8) is 0 Å². The molecule has 0 atom stereocenters. The maximum Gasteiger partial charge on any atom is 0.319 e. The molecule has 7 nitrogen and oxygen atoms in total. The molecule has 0 unspecified atom stereocenters. The van der Waals surface area contributed by atoms with Gasteiger partial charge in [0, 0.05) is 30.3 Å². The lowest BCUT2D eigenvalue weighted by Gasteiger charge is -2.09. The Morgan fingerprint density at radius 3 is 2.78 bits per heavy atom. The van der Waals surface area contributed by atoms with Crippen LogP contribution in [0.5, 0.6) is 0 Å². The van der Waals surface area contributed by atoms with Crippen LogP contribution in [0.1, 0.15) is 29.0 Å². The Morgan fingerprint density at radius 2 is 1.96 bits per heavy atom. The highest BCUT2D eigenvalue weighted by atomic mass is 16.2. The van der Waals surface area contributed by atoms with E-state index in [9.17, 15) is 9.59 Å². The number of imidazole rings is 1. The number of hydrogen-bond donors (Lipinski definition) is 4. The molecule has 1 saturated carbocycles. The van der Waals surface area contributed by atoms with Gasteiger partial charge in [0.05, 0.1) is 11.0 Å². The van der Waals surface area contributed by atoms with Gasteiger partial charge in [-0.2, -0.15) is 0 Å². The lowest BCUT2D eigenvalue weighted by molar-refractivity contribution is 0.0954. The fourth-order valence-electron chi connectivity index (χ4n) is 2.84. The second-order valence-corrected chi connectivity index (χ2v) is 6.66. The monoisotopic (exact) mass is 363 g/mol. The Kier molecular flexibility index (Phi) is 4.74. The zero-order valence-electron chi connectivity index (χ0n) is 14.8. The van der Waals surface area contributed by atoms with Crippen molar-refractivity contribution in [3.8, 4) is 0 Å². The third-order valence-corrected chi connectivity index (χ3v) is 4.38. The Morgan fingerprint density at radius 1 is 1.11 bits per heavy atom. The van der Waals surface area contributed by atoms with Gasteiger partial charge in [0.15, 0.2) is 0 Å². The number of para-hydroxylation sites is 2. The smallest absolute Gasteiger partial charge is 0.319 e. The van der Waals surface area contributed by atoms with Crippen LogP contribution in [0.15, 0.2) is 48.5 Å². The predicted octanol–water partition coefficient (Wildman–Crippen LogP) is 2.82. The number of nitrogens with one attached hydrogen (secondary N) is 4. The van der Waals surface area contributed by atoms with Gasteiger partial charge in [0.25, 0.3) is 5.91 Å². The first kappa shape index (κ1) is 17.1. The van der Waals surface area contributed by atoms with E-state index in [1.807, 2.05) is 24.3 Å². The average Bonchev–Trinajstić information content (AvgIpc) is 3.37. The minimum atomic E-state index is -0.236. The van der Waals surface area contributed by atoms with E-state index < -0.39 is 0 Å². The quantitative estimate of drug-likeness (QED) is 0.542. The fourth-order valence-corrected chi connectivity index (χ4v) is 2.84. The van der Waals surface area contributed by atoms with Crippen LogP contribution >= 0.6 is 0 Å². The number of aromatic amines is 1. The van der Waals surface area contributed by atoms with E-state index in [0.29, 0.717) is 24.2 Å². The van der Waals surface area contributed by atoms with Crippen molar-refractivity contribution in [3.05, 3.63) is 59.9 Å². The van der Waals surface area contributed by atoms with Crippen LogP contribution in [0.25, 0.3) is 11.0 Å². The van der Waals surface area contributed by atoms with Crippen molar-refractivity contribution in [1.29, 1.82) is 0 Å². The van der Waals surface area contributed by atoms with Crippen LogP contribution < -0.4 is 16.0 Å². The van der Waals surface area contributed by atoms with Crippen LogP contribution in [0.2, 0.25) is 0 Å². The van der Waals surface area contributed by atoms with Crippen LogP contribution in [0.4, 0.5) is 10.5 Å². The molecule has 1 aromatic heterocycles. The molecule has 3 aromatic rings. The Hall–Kier alpha value is -3.35. The number of amides is 3. The molecule has 7 heteroatoms. The lowest BCUT2D eigenvalue weighted by Crippen LogP contribution is -2.30. The van der Waals surface area contributed by atoms with Crippen molar-refractivity contribution < 1.29 is 9.59 Å². The average molecular weight is 363 g/mol. The van der Waals surface area contributed by atoms with Gasteiger partial charge in [-0.1, -0.05) is 18.2 Å². The number of rotatable bonds is 6. The summed E-state index contributed by atoms with van der Waals surface area (Å²) in [4.78, 5) is 31.9. The van der Waals surface area contributed by atoms with Crippen molar-refractivity contribution in [2.75, 3.05) is 11.9 Å². The summed E-state index contributed by atoms with van der Waals surface area (Å²) < 4.78 is 0. The van der Waals surface area contributed by atoms with Crippen LogP contribution in [0, 0.1) is 0 Å². The second kappa shape index (κ2) is 7.49. The number of H-pyrrole nitrogens is 1. The van der Waals surface area contributed by atoms with Crippen molar-refractivity contribution in [2.45, 2.75) is 25.3 Å². The first-order chi connectivity index (χ1) is 13.2. The summed E-state index contributed by atoms with van der Waals surface area (Å²) in [6.07, 6.45) is 2.67. The number of nitrogens with zero attached hydrogens (tertiary/aromatic N) is 1. The number of urea groups is 1. The van der Waals surface area contributed by atoms with Gasteiger partial charge in [0.1, 0.15) is 5.82 Å². The normalized spacial score (nSPS) is 13.3. The lowest BCUT2D eigenvalue weighted by atomic mass is 10.2. The topological polar surface area (TPSA) is 98.9 Å². The highest BCUT2D eigenvalue weighted by molar-refractivity contribution is 5.97. The molecular formula is C20H21N5O2. The standard InChI is InChI=1S/C20H21N5O2/c26-19(21-11-10-18-24-16-6-1-2-7-17(16)25-18)13-4-3-5-15(12-13)23-20(27)22-14-8-9-14/h1-7,12,14H,8-11H2,(H,21,26)(H,24,25)(H2,22,23,27). The van der Waals surface area contributed by atoms with Crippen LogP contribution in [-0.2, 0) is 6.42 Å². The molecule has 0 radical (unpaired) electrons. The largest absolute Gasteiger partial charge is 0.352 e. The predicted molar refractivity (Wildman–Crippen MR) is 104 cm³/mol. The van der Waals surface area contributed by atoms with Gasteiger partial charge >= 0.3 is 6.03 Å². The van der Waals surface area contributed by atoms with E-state index >= 15 is 0 Å². The summed E-state index contributed by atoms with van der Waals surface area (Å²) in [5.41, 5.74) is 3.01. The van der Waals surface area contributed by atoms with Gasteiger partial charge in [-0.25, -0.2) is 9.78 Å². The Balaban J connectivity index is 1.30. The molecule has 0 saturated heterocycles. The van der Waals surface area contributed by atoms with Gasteiger partial charge in [-0.3, -0.25) is 4.79 Å². The molecule has 3 amide bonds. The van der Waals surface area contributed by atoms with Gasteiger partial charge < -0.3 is 20.9 Å². The molecule has 2 aromatic carbocycles. The van der Waals surface area contributed by atoms with Gasteiger partial charge in [0.2, 0.25) is 0 Å². The van der Waals surface area contributed by atoms with E-state index in [1.54, 1.807) is 24.3 Å². The summed E-state index contributed by atoms with van der Waals surface area (Å²) in [7, 11) is 0. The highest BCUT2D eigenvalue weighted by Gasteiger charge is 2.23. The molecular weight excluding hydrogens is 342 g/mol. The summed E-state index contributed by atoms with van der Waals surface area (Å²) >= 11 is 0. The molecule has 4 rings (SSSR count). The molecule has 0 bridgehead atoms. The van der Waals surface area contributed by atoms with E-state index in [0.717, 1.165) is 29.7 Å². The fraction of sp³-hybridized carbons (Fsp3) is 0.250. The number of carbonyl (C=O) groups is 2. The zero-order valence-corrected chi connectivity index (χ0v) is 14.8. The minimum absolute atomic E-state index is 0.183. The molecule has 1 heterocycles. The number of carbonyl (C=O) groups excluding carboxylic acids is 2. The van der Waals surface area contributed by atoms with E-state index in [-0.39, 0.29) is 18.0 Å². The Bertz CT molecular complexity index is 944. The molecule has 0 spiro atoms. The van der Waals surface area contributed by atoms with Crippen molar-refractivity contribution in [2.24, 2.45) is 0 Å². The van der Waals surface area contributed by atoms with E-state index in [2.05, 4.69) is 25.9 Å². The molecule has 27 heavy (non-hydrogen) atoms. The highest BCUT2D eigenvalue weighted by Crippen LogP contribution is 2.19. The second-order valence-electron chi connectivity index (χ2n) is 6.66. The summed E-state index contributed by atoms with van der Waals surface area (Å²) in [5, 5.41) is 8.50. The van der Waals surface area contributed by atoms with Gasteiger partial charge in [-0.15, -0.1) is 0 Å². The maximum atomic E-state index is 12.4. The van der Waals surface area contributed by atoms with E-state index in [4.69, 9.17) is 0 Å². The molecule has 1 fully saturated rings. The summed E-state index contributed by atoms with van der Waals surface area (Å²) in [6.45, 7) is 0.471. The van der Waals surface area contributed by atoms with Crippen molar-refractivity contribution in [1.82, 2.24) is 20.6 Å². The summed E-state index contributed by atoms with van der Waals surface area (Å²) in [5.74, 6) is 0.654. The first-order valence-electron chi connectivity index (χ1n) is 9.07. The van der Waals surface area contributed by atoms with Gasteiger partial charge in [-0.05, 0) is 43.2 Å². The van der Waals surface area contributed by atoms with Crippen LogP contribution in [-0.4, -0.2) is 34.5 Å². The number of benzene rings is 2. The molecule has 138 valence electrons. The first-order valence-corrected chi connectivity index (χ1v) is 9.07. The van der Waals surface area contributed by atoms with E-state index in [1.165, 1.54) is 0 Å². The third-order valence-electron chi connectivity index (χ3n) is 4.38. The molecule has 0 aliphatic heterocycles. The minimum Gasteiger partial charge on any atom is -0.352 e. The number of hydrogen-bond acceptors (Lipinski definition) is 3.